The molecule has 0 amide bonds. The van der Waals surface area contributed by atoms with Crippen molar-refractivity contribution in [3.8, 4) is 0 Å². The lowest BCUT2D eigenvalue weighted by Crippen LogP contribution is -2.50. The van der Waals surface area contributed by atoms with E-state index in [0.29, 0.717) is 18.0 Å². The van der Waals surface area contributed by atoms with Crippen molar-refractivity contribution in [3.05, 3.63) is 0 Å². The number of likely N-dealkylation sites (N-methyl/N-ethyl adjacent to an activating group) is 1. The van der Waals surface area contributed by atoms with Crippen molar-refractivity contribution in [1.29, 1.82) is 0 Å². The van der Waals surface area contributed by atoms with Crippen molar-refractivity contribution in [2.45, 2.75) is 32.4 Å². The Labute approximate surface area is 105 Å². The van der Waals surface area contributed by atoms with E-state index in [1.807, 2.05) is 0 Å². The third-order valence-electron chi connectivity index (χ3n) is 3.95. The van der Waals surface area contributed by atoms with Crippen LogP contribution in [0, 0.1) is 5.92 Å². The molecule has 17 heavy (non-hydrogen) atoms. The Kier molecular flexibility index (Phi) is 5.22. The second-order valence-corrected chi connectivity index (χ2v) is 5.09. The first kappa shape index (κ1) is 13.3. The highest BCUT2D eigenvalue weighted by Gasteiger charge is 2.31. The zero-order valence-corrected chi connectivity index (χ0v) is 11.2. The van der Waals surface area contributed by atoms with Gasteiger partial charge in [0.05, 0.1) is 26.4 Å². The zero-order chi connectivity index (χ0) is 12.1. The fraction of sp³-hybridized carbons (Fsp3) is 1.00. The van der Waals surface area contributed by atoms with Gasteiger partial charge in [0, 0.05) is 31.1 Å². The number of nitrogens with zero attached hydrogens (tertiary/aromatic N) is 1. The third kappa shape index (κ3) is 3.41. The molecular weight excluding hydrogens is 216 g/mol. The fourth-order valence-corrected chi connectivity index (χ4v) is 2.87. The zero-order valence-electron chi connectivity index (χ0n) is 11.2. The van der Waals surface area contributed by atoms with Gasteiger partial charge < -0.3 is 14.8 Å². The Hall–Kier alpha value is -0.160. The molecule has 2 fully saturated rings. The highest BCUT2D eigenvalue weighted by Crippen LogP contribution is 2.19. The average Bonchev–Trinajstić information content (AvgIpc) is 2.78. The Morgan fingerprint density at radius 1 is 1.18 bits per heavy atom. The van der Waals surface area contributed by atoms with Crippen LogP contribution >= 0.6 is 0 Å². The fourth-order valence-electron chi connectivity index (χ4n) is 2.87. The smallest absolute Gasteiger partial charge is 0.0623 e. The second-order valence-electron chi connectivity index (χ2n) is 5.09. The lowest BCUT2D eigenvalue weighted by molar-refractivity contribution is -0.0169. The minimum atomic E-state index is 0.542. The van der Waals surface area contributed by atoms with E-state index < -0.39 is 0 Å². The molecule has 2 heterocycles. The van der Waals surface area contributed by atoms with E-state index in [2.05, 4.69) is 24.1 Å². The first-order chi connectivity index (χ1) is 8.35. The van der Waals surface area contributed by atoms with Crippen LogP contribution < -0.4 is 5.32 Å². The molecule has 0 spiro atoms. The van der Waals surface area contributed by atoms with Crippen LogP contribution in [0.3, 0.4) is 0 Å². The van der Waals surface area contributed by atoms with Gasteiger partial charge >= 0.3 is 0 Å². The Morgan fingerprint density at radius 3 is 2.82 bits per heavy atom. The molecule has 2 aliphatic rings. The van der Waals surface area contributed by atoms with Gasteiger partial charge in [-0.05, 0) is 13.0 Å². The topological polar surface area (TPSA) is 33.7 Å². The molecular formula is C13H26N2O2. The predicted octanol–water partition coefficient (Wildman–Crippen LogP) is 0.722. The van der Waals surface area contributed by atoms with E-state index in [1.54, 1.807) is 0 Å². The summed E-state index contributed by atoms with van der Waals surface area (Å²) in [4.78, 5) is 2.59. The van der Waals surface area contributed by atoms with Gasteiger partial charge in [-0.3, -0.25) is 4.90 Å². The van der Waals surface area contributed by atoms with Gasteiger partial charge in [-0.1, -0.05) is 13.8 Å². The molecule has 4 heteroatoms. The molecule has 0 bridgehead atoms. The van der Waals surface area contributed by atoms with E-state index in [1.165, 1.54) is 6.42 Å². The Balaban J connectivity index is 1.85. The highest BCUT2D eigenvalue weighted by atomic mass is 16.5. The van der Waals surface area contributed by atoms with Crippen LogP contribution in [0.2, 0.25) is 0 Å². The third-order valence-corrected chi connectivity index (χ3v) is 3.95. The maximum atomic E-state index is 5.61. The first-order valence-corrected chi connectivity index (χ1v) is 6.98. The van der Waals surface area contributed by atoms with Crippen molar-refractivity contribution in [1.82, 2.24) is 10.2 Å². The summed E-state index contributed by atoms with van der Waals surface area (Å²) in [7, 11) is 0. The summed E-state index contributed by atoms with van der Waals surface area (Å²) < 4.78 is 11.2. The first-order valence-electron chi connectivity index (χ1n) is 6.98. The highest BCUT2D eigenvalue weighted by molar-refractivity contribution is 4.86. The number of rotatable bonds is 5. The monoisotopic (exact) mass is 242 g/mol. The molecule has 1 N–H and O–H groups in total. The molecule has 0 aromatic rings. The van der Waals surface area contributed by atoms with Crippen LogP contribution in [0.15, 0.2) is 0 Å². The van der Waals surface area contributed by atoms with Gasteiger partial charge in [0.2, 0.25) is 0 Å². The Bertz CT molecular complexity index is 225. The molecule has 2 saturated heterocycles. The van der Waals surface area contributed by atoms with Gasteiger partial charge in [0.1, 0.15) is 0 Å². The average molecular weight is 242 g/mol. The van der Waals surface area contributed by atoms with Crippen molar-refractivity contribution >= 4 is 0 Å². The van der Waals surface area contributed by atoms with Crippen LogP contribution in [-0.4, -0.2) is 63.0 Å². The summed E-state index contributed by atoms with van der Waals surface area (Å²) >= 11 is 0. The van der Waals surface area contributed by atoms with E-state index >= 15 is 0 Å². The van der Waals surface area contributed by atoms with Crippen LogP contribution in [-0.2, 0) is 9.47 Å². The van der Waals surface area contributed by atoms with Crippen molar-refractivity contribution in [2.75, 3.05) is 46.1 Å². The van der Waals surface area contributed by atoms with Crippen LogP contribution in [0.25, 0.3) is 0 Å². The van der Waals surface area contributed by atoms with Crippen LogP contribution in [0.1, 0.15) is 20.3 Å². The largest absolute Gasteiger partial charge is 0.379 e. The number of ether oxygens (including phenoxy) is 2. The molecule has 0 aromatic carbocycles. The van der Waals surface area contributed by atoms with Gasteiger partial charge in [-0.25, -0.2) is 0 Å². The minimum absolute atomic E-state index is 0.542. The summed E-state index contributed by atoms with van der Waals surface area (Å²) in [6.45, 7) is 11.2. The number of hydrogen-bond donors (Lipinski definition) is 1. The lowest BCUT2D eigenvalue weighted by atomic mass is 10.0. The molecule has 2 aliphatic heterocycles. The molecule has 3 atom stereocenters. The summed E-state index contributed by atoms with van der Waals surface area (Å²) in [5.74, 6) is 0.641. The standard InChI is InChI=1S/C13H26N2O2/c1-3-12-9-16-6-5-15(12)7-11-8-17-10-13(11)14-4-2/h11-14H,3-10H2,1-2H3. The predicted molar refractivity (Wildman–Crippen MR) is 68.2 cm³/mol. The Morgan fingerprint density at radius 2 is 2.06 bits per heavy atom. The van der Waals surface area contributed by atoms with E-state index in [4.69, 9.17) is 9.47 Å². The van der Waals surface area contributed by atoms with Crippen LogP contribution in [0.4, 0.5) is 0 Å². The van der Waals surface area contributed by atoms with Gasteiger partial charge in [-0.15, -0.1) is 0 Å². The van der Waals surface area contributed by atoms with Crippen molar-refractivity contribution in [3.63, 3.8) is 0 Å². The second kappa shape index (κ2) is 6.69. The SMILES string of the molecule is CCNC1COCC1CN1CCOCC1CC. The van der Waals surface area contributed by atoms with E-state index in [-0.39, 0.29) is 0 Å². The molecule has 0 saturated carbocycles. The maximum Gasteiger partial charge on any atom is 0.0623 e. The summed E-state index contributed by atoms with van der Waals surface area (Å²) in [5.41, 5.74) is 0. The number of morpholine rings is 1. The number of nitrogens with one attached hydrogen (secondary N) is 1. The van der Waals surface area contributed by atoms with Crippen molar-refractivity contribution < 1.29 is 9.47 Å². The lowest BCUT2D eigenvalue weighted by Gasteiger charge is -2.37. The molecule has 4 nitrogen and oxygen atoms in total. The quantitative estimate of drug-likeness (QED) is 0.770. The summed E-state index contributed by atoms with van der Waals surface area (Å²) in [6.07, 6.45) is 1.18. The molecule has 0 radical (unpaired) electrons. The molecule has 3 unspecified atom stereocenters. The van der Waals surface area contributed by atoms with Gasteiger partial charge in [0.15, 0.2) is 0 Å². The van der Waals surface area contributed by atoms with E-state index in [0.717, 1.165) is 46.1 Å². The minimum Gasteiger partial charge on any atom is -0.379 e. The summed E-state index contributed by atoms with van der Waals surface area (Å²) in [6, 6.07) is 1.15. The molecule has 0 aromatic heterocycles. The van der Waals surface area contributed by atoms with Gasteiger partial charge in [-0.2, -0.15) is 0 Å². The summed E-state index contributed by atoms with van der Waals surface area (Å²) in [5, 5.41) is 3.53. The van der Waals surface area contributed by atoms with E-state index in [9.17, 15) is 0 Å². The van der Waals surface area contributed by atoms with Crippen LogP contribution in [0.5, 0.6) is 0 Å². The molecule has 100 valence electrons. The normalized spacial score (nSPS) is 35.3. The molecule has 2 rings (SSSR count). The maximum absolute atomic E-state index is 5.61. The van der Waals surface area contributed by atoms with Gasteiger partial charge in [0.25, 0.3) is 0 Å². The molecule has 0 aliphatic carbocycles. The van der Waals surface area contributed by atoms with Crippen molar-refractivity contribution in [2.24, 2.45) is 5.92 Å². The number of hydrogen-bond acceptors (Lipinski definition) is 4.